The number of methoxy groups -OCH3 is 1. The molecule has 0 atom stereocenters. The van der Waals surface area contributed by atoms with E-state index < -0.39 is 23.7 Å². The third-order valence-corrected chi connectivity index (χ3v) is 4.52. The normalized spacial score (nSPS) is 11.2. The number of carbonyl (C=O) groups is 2. The van der Waals surface area contributed by atoms with Gasteiger partial charge < -0.3 is 19.7 Å². The molecule has 0 aliphatic rings. The first kappa shape index (κ1) is 22.6. The van der Waals surface area contributed by atoms with E-state index in [0.29, 0.717) is 5.01 Å². The largest absolute Gasteiger partial charge is 0.461 e. The molecule has 0 unspecified atom stereocenters. The maximum Gasteiger partial charge on any atom is 0.418 e. The average Bonchev–Trinajstić information content (AvgIpc) is 3.13. The van der Waals surface area contributed by atoms with E-state index in [1.807, 2.05) is 0 Å². The number of para-hydroxylation sites is 1. The van der Waals surface area contributed by atoms with Crippen molar-refractivity contribution in [3.05, 3.63) is 45.9 Å². The van der Waals surface area contributed by atoms with Crippen molar-refractivity contribution in [2.24, 2.45) is 0 Å². The molecule has 1 aromatic heterocycles. The number of hydrogen-bond acceptors (Lipinski definition) is 6. The summed E-state index contributed by atoms with van der Waals surface area (Å²) in [5, 5.41) is 4.23. The van der Waals surface area contributed by atoms with Gasteiger partial charge in [0.2, 0.25) is 0 Å². The minimum atomic E-state index is -4.61. The van der Waals surface area contributed by atoms with E-state index in [4.69, 9.17) is 9.47 Å². The third kappa shape index (κ3) is 6.43. The number of rotatable bonds is 8. The molecule has 0 bridgehead atoms. The Morgan fingerprint density at radius 2 is 2.00 bits per heavy atom. The van der Waals surface area contributed by atoms with Gasteiger partial charge in [0.05, 0.1) is 31.0 Å². The fourth-order valence-electron chi connectivity index (χ4n) is 2.33. The van der Waals surface area contributed by atoms with Crippen molar-refractivity contribution in [1.82, 2.24) is 9.88 Å². The first-order valence-corrected chi connectivity index (χ1v) is 9.46. The second-order valence-corrected chi connectivity index (χ2v) is 6.68. The van der Waals surface area contributed by atoms with E-state index in [0.717, 1.165) is 17.4 Å². The van der Waals surface area contributed by atoms with Crippen LogP contribution < -0.4 is 5.32 Å². The van der Waals surface area contributed by atoms with Crippen molar-refractivity contribution in [2.75, 3.05) is 32.2 Å². The summed E-state index contributed by atoms with van der Waals surface area (Å²) >= 11 is 1.14. The zero-order chi connectivity index (χ0) is 21.4. The number of aromatic nitrogens is 1. The molecule has 1 aromatic carbocycles. The van der Waals surface area contributed by atoms with E-state index in [-0.39, 0.29) is 37.7 Å². The molecule has 29 heavy (non-hydrogen) atoms. The Hall–Kier alpha value is -2.66. The number of hydrogen-bond donors (Lipinski definition) is 1. The predicted octanol–water partition coefficient (Wildman–Crippen LogP) is 4.02. The zero-order valence-electron chi connectivity index (χ0n) is 15.8. The predicted molar refractivity (Wildman–Crippen MR) is 101 cm³/mol. The van der Waals surface area contributed by atoms with Gasteiger partial charge in [-0.15, -0.1) is 11.3 Å². The minimum absolute atomic E-state index is 0.00650. The summed E-state index contributed by atoms with van der Waals surface area (Å²) in [5.41, 5.74) is -1.18. The smallest absolute Gasteiger partial charge is 0.418 e. The molecular weight excluding hydrogens is 411 g/mol. The molecular formula is C18H20F3N3O4S. The zero-order valence-corrected chi connectivity index (χ0v) is 16.6. The van der Waals surface area contributed by atoms with Crippen LogP contribution in [0.1, 0.15) is 28.0 Å². The highest BCUT2D eigenvalue weighted by Crippen LogP contribution is 2.34. The van der Waals surface area contributed by atoms with Crippen LogP contribution in [0.4, 0.5) is 23.7 Å². The second-order valence-electron chi connectivity index (χ2n) is 5.73. The number of esters is 1. The van der Waals surface area contributed by atoms with Crippen molar-refractivity contribution in [2.45, 2.75) is 19.6 Å². The van der Waals surface area contributed by atoms with Gasteiger partial charge in [0.1, 0.15) is 5.01 Å². The van der Waals surface area contributed by atoms with Crippen molar-refractivity contribution < 1.29 is 32.2 Å². The number of anilines is 1. The van der Waals surface area contributed by atoms with Gasteiger partial charge in [-0.2, -0.15) is 13.2 Å². The molecule has 0 saturated heterocycles. The van der Waals surface area contributed by atoms with Gasteiger partial charge in [-0.25, -0.2) is 14.6 Å². The molecule has 1 heterocycles. The fraction of sp³-hybridized carbons (Fsp3) is 0.389. The minimum Gasteiger partial charge on any atom is -0.461 e. The van der Waals surface area contributed by atoms with Gasteiger partial charge in [0, 0.05) is 19.0 Å². The molecule has 0 saturated carbocycles. The van der Waals surface area contributed by atoms with Crippen LogP contribution >= 0.6 is 11.3 Å². The van der Waals surface area contributed by atoms with E-state index >= 15 is 0 Å². The molecule has 0 aliphatic carbocycles. The Morgan fingerprint density at radius 3 is 2.66 bits per heavy atom. The summed E-state index contributed by atoms with van der Waals surface area (Å²) < 4.78 is 49.3. The quantitative estimate of drug-likeness (QED) is 0.639. The van der Waals surface area contributed by atoms with Crippen LogP contribution in [-0.4, -0.2) is 48.8 Å². The van der Waals surface area contributed by atoms with Gasteiger partial charge in [0.25, 0.3) is 0 Å². The summed E-state index contributed by atoms with van der Waals surface area (Å²) in [6.45, 7) is 2.15. The SMILES string of the molecule is CCOC(=O)c1csc(CN(CCOC)C(=O)Nc2ccccc2C(F)(F)F)n1. The van der Waals surface area contributed by atoms with Gasteiger partial charge in [-0.1, -0.05) is 12.1 Å². The van der Waals surface area contributed by atoms with Crippen molar-refractivity contribution in [3.8, 4) is 0 Å². The monoisotopic (exact) mass is 431 g/mol. The number of amides is 2. The topological polar surface area (TPSA) is 80.8 Å². The number of nitrogens with zero attached hydrogens (tertiary/aromatic N) is 2. The van der Waals surface area contributed by atoms with Crippen molar-refractivity contribution in [1.29, 1.82) is 0 Å². The van der Waals surface area contributed by atoms with E-state index in [1.54, 1.807) is 6.92 Å². The van der Waals surface area contributed by atoms with Crippen LogP contribution in [0, 0.1) is 0 Å². The molecule has 158 valence electrons. The van der Waals surface area contributed by atoms with Crippen molar-refractivity contribution in [3.63, 3.8) is 0 Å². The molecule has 2 amide bonds. The lowest BCUT2D eigenvalue weighted by Crippen LogP contribution is -2.37. The first-order chi connectivity index (χ1) is 13.8. The lowest BCUT2D eigenvalue weighted by molar-refractivity contribution is -0.136. The third-order valence-electron chi connectivity index (χ3n) is 3.69. The Labute approximate surface area is 169 Å². The average molecular weight is 431 g/mol. The van der Waals surface area contributed by atoms with Gasteiger partial charge in [0.15, 0.2) is 5.69 Å². The highest BCUT2D eigenvalue weighted by atomic mass is 32.1. The highest BCUT2D eigenvalue weighted by molar-refractivity contribution is 7.09. The number of halogens is 3. The molecule has 2 aromatic rings. The number of benzene rings is 1. The Kier molecular flexibility index (Phi) is 7.97. The van der Waals surface area contributed by atoms with Crippen LogP contribution in [0.25, 0.3) is 0 Å². The number of ether oxygens (including phenoxy) is 2. The fourth-order valence-corrected chi connectivity index (χ4v) is 3.11. The van der Waals surface area contributed by atoms with Gasteiger partial charge >= 0.3 is 18.2 Å². The standard InChI is InChI=1S/C18H20F3N3O4S/c1-3-28-16(25)14-11-29-15(22-14)10-24(8-9-27-2)17(26)23-13-7-5-4-6-12(13)18(19,20)21/h4-7,11H,3,8-10H2,1-2H3,(H,23,26). The van der Waals surface area contributed by atoms with Crippen LogP contribution in [0.15, 0.2) is 29.6 Å². The second kappa shape index (κ2) is 10.2. The van der Waals surface area contributed by atoms with Crippen molar-refractivity contribution >= 4 is 29.0 Å². The summed E-state index contributed by atoms with van der Waals surface area (Å²) in [6, 6.07) is 3.97. The Balaban J connectivity index is 2.16. The first-order valence-electron chi connectivity index (χ1n) is 8.58. The van der Waals surface area contributed by atoms with Crippen LogP contribution in [0.2, 0.25) is 0 Å². The number of thiazole rings is 1. The summed E-state index contributed by atoms with van der Waals surface area (Å²) in [7, 11) is 1.44. The molecule has 0 radical (unpaired) electrons. The molecule has 2 rings (SSSR count). The van der Waals surface area contributed by atoms with E-state index in [2.05, 4.69) is 10.3 Å². The summed E-state index contributed by atoms with van der Waals surface area (Å²) in [5.74, 6) is -0.581. The number of carbonyl (C=O) groups excluding carboxylic acids is 2. The Morgan fingerprint density at radius 1 is 1.28 bits per heavy atom. The van der Waals surface area contributed by atoms with Crippen LogP contribution in [-0.2, 0) is 22.2 Å². The number of urea groups is 1. The molecule has 11 heteroatoms. The lowest BCUT2D eigenvalue weighted by Gasteiger charge is -2.23. The maximum absolute atomic E-state index is 13.2. The molecule has 0 spiro atoms. The number of nitrogens with one attached hydrogen (secondary N) is 1. The van der Waals surface area contributed by atoms with E-state index in [9.17, 15) is 22.8 Å². The molecule has 7 nitrogen and oxygen atoms in total. The molecule has 0 fully saturated rings. The Bertz CT molecular complexity index is 842. The maximum atomic E-state index is 13.2. The highest BCUT2D eigenvalue weighted by Gasteiger charge is 2.34. The van der Waals surface area contributed by atoms with Crippen LogP contribution in [0.5, 0.6) is 0 Å². The number of alkyl halides is 3. The van der Waals surface area contributed by atoms with E-state index in [1.165, 1.54) is 35.6 Å². The van der Waals surface area contributed by atoms with Gasteiger partial charge in [-0.3, -0.25) is 0 Å². The lowest BCUT2D eigenvalue weighted by atomic mass is 10.1. The summed E-state index contributed by atoms with van der Waals surface area (Å²) in [4.78, 5) is 29.7. The summed E-state index contributed by atoms with van der Waals surface area (Å²) in [6.07, 6.45) is -4.61. The molecule has 1 N–H and O–H groups in total. The van der Waals surface area contributed by atoms with Gasteiger partial charge in [-0.05, 0) is 19.1 Å². The molecule has 0 aliphatic heterocycles. The van der Waals surface area contributed by atoms with Crippen LogP contribution in [0.3, 0.4) is 0 Å².